The van der Waals surface area contributed by atoms with Gasteiger partial charge in [0.2, 0.25) is 0 Å². The van der Waals surface area contributed by atoms with E-state index in [1.807, 2.05) is 37.1 Å². The molecule has 1 aromatic carbocycles. The number of benzene rings is 1. The Balaban J connectivity index is 2.57. The number of hydrogen-bond acceptors (Lipinski definition) is 4. The molecule has 1 heterocycles. The van der Waals surface area contributed by atoms with Crippen LogP contribution in [0.4, 0.5) is 0 Å². The molecule has 0 spiro atoms. The molecule has 1 N–H and O–H groups in total. The van der Waals surface area contributed by atoms with E-state index in [1.54, 1.807) is 14.2 Å². The number of ether oxygens (including phenoxy) is 2. The van der Waals surface area contributed by atoms with Crippen LogP contribution in [0.5, 0.6) is 11.5 Å². The van der Waals surface area contributed by atoms with Crippen molar-refractivity contribution in [2.75, 3.05) is 21.3 Å². The maximum absolute atomic E-state index is 5.38. The molecule has 0 unspecified atom stereocenters. The summed E-state index contributed by atoms with van der Waals surface area (Å²) in [5, 5.41) is 7.74. The lowest BCUT2D eigenvalue weighted by atomic mass is 10.0. The van der Waals surface area contributed by atoms with Crippen LogP contribution in [0.15, 0.2) is 18.3 Å². The SMILES string of the molecule is CNCc1cn(C)nc1-c1cc(OC)c(OC)cc1C. The van der Waals surface area contributed by atoms with E-state index in [-0.39, 0.29) is 0 Å². The second-order valence-corrected chi connectivity index (χ2v) is 4.73. The molecule has 108 valence electrons. The van der Waals surface area contributed by atoms with Gasteiger partial charge in [0.1, 0.15) is 0 Å². The first-order valence-electron chi connectivity index (χ1n) is 6.50. The second-order valence-electron chi connectivity index (χ2n) is 4.73. The maximum Gasteiger partial charge on any atom is 0.161 e. The molecule has 0 aliphatic rings. The van der Waals surface area contributed by atoms with Gasteiger partial charge < -0.3 is 14.8 Å². The summed E-state index contributed by atoms with van der Waals surface area (Å²) in [6, 6.07) is 3.96. The van der Waals surface area contributed by atoms with Crippen molar-refractivity contribution in [2.45, 2.75) is 13.5 Å². The number of nitrogens with one attached hydrogen (secondary N) is 1. The molecule has 5 heteroatoms. The van der Waals surface area contributed by atoms with E-state index in [0.29, 0.717) is 5.75 Å². The summed E-state index contributed by atoms with van der Waals surface area (Å²) in [6.45, 7) is 2.83. The molecule has 1 aromatic heterocycles. The molecular weight excluding hydrogens is 254 g/mol. The molecule has 0 bridgehead atoms. The van der Waals surface area contributed by atoms with Crippen LogP contribution >= 0.6 is 0 Å². The van der Waals surface area contributed by atoms with Crippen molar-refractivity contribution < 1.29 is 9.47 Å². The van der Waals surface area contributed by atoms with Crippen LogP contribution in [0.25, 0.3) is 11.3 Å². The summed E-state index contributed by atoms with van der Waals surface area (Å²) in [5.41, 5.74) is 4.30. The smallest absolute Gasteiger partial charge is 0.161 e. The van der Waals surface area contributed by atoms with Crippen molar-refractivity contribution in [3.8, 4) is 22.8 Å². The normalized spacial score (nSPS) is 10.7. The Morgan fingerprint density at radius 1 is 1.20 bits per heavy atom. The lowest BCUT2D eigenvalue weighted by Crippen LogP contribution is -2.05. The highest BCUT2D eigenvalue weighted by molar-refractivity contribution is 5.70. The van der Waals surface area contributed by atoms with Crippen LogP contribution in [0.1, 0.15) is 11.1 Å². The fourth-order valence-electron chi connectivity index (χ4n) is 2.32. The molecule has 20 heavy (non-hydrogen) atoms. The summed E-state index contributed by atoms with van der Waals surface area (Å²) >= 11 is 0. The average Bonchev–Trinajstić information content (AvgIpc) is 2.79. The number of methoxy groups -OCH3 is 2. The van der Waals surface area contributed by atoms with Crippen LogP contribution < -0.4 is 14.8 Å². The Labute approximate surface area is 119 Å². The van der Waals surface area contributed by atoms with Gasteiger partial charge in [0.15, 0.2) is 11.5 Å². The summed E-state index contributed by atoms with van der Waals surface area (Å²) < 4.78 is 12.5. The number of nitrogens with zero attached hydrogens (tertiary/aromatic N) is 2. The van der Waals surface area contributed by atoms with Crippen molar-refractivity contribution in [3.05, 3.63) is 29.5 Å². The van der Waals surface area contributed by atoms with Gasteiger partial charge in [0.05, 0.1) is 19.9 Å². The van der Waals surface area contributed by atoms with Crippen LogP contribution in [0.2, 0.25) is 0 Å². The maximum atomic E-state index is 5.38. The minimum atomic E-state index is 0.717. The molecule has 2 rings (SSSR count). The van der Waals surface area contributed by atoms with E-state index < -0.39 is 0 Å². The van der Waals surface area contributed by atoms with Crippen molar-refractivity contribution in [1.82, 2.24) is 15.1 Å². The quantitative estimate of drug-likeness (QED) is 0.908. The van der Waals surface area contributed by atoms with Gasteiger partial charge in [-0.3, -0.25) is 4.68 Å². The van der Waals surface area contributed by atoms with Crippen molar-refractivity contribution in [2.24, 2.45) is 7.05 Å². The summed E-state index contributed by atoms with van der Waals surface area (Å²) in [5.74, 6) is 1.45. The number of aryl methyl sites for hydroxylation is 2. The minimum absolute atomic E-state index is 0.717. The first-order valence-corrected chi connectivity index (χ1v) is 6.50. The highest BCUT2D eigenvalue weighted by atomic mass is 16.5. The van der Waals surface area contributed by atoms with Gasteiger partial charge in [-0.1, -0.05) is 0 Å². The zero-order valence-electron chi connectivity index (χ0n) is 12.7. The van der Waals surface area contributed by atoms with Gasteiger partial charge in [-0.05, 0) is 31.7 Å². The number of aromatic nitrogens is 2. The van der Waals surface area contributed by atoms with Crippen LogP contribution in [0.3, 0.4) is 0 Å². The summed E-state index contributed by atoms with van der Waals surface area (Å²) in [6.07, 6.45) is 2.03. The highest BCUT2D eigenvalue weighted by Gasteiger charge is 2.15. The Morgan fingerprint density at radius 3 is 2.45 bits per heavy atom. The molecule has 0 aliphatic carbocycles. The Bertz CT molecular complexity index is 605. The van der Waals surface area contributed by atoms with Crippen LogP contribution in [0, 0.1) is 6.92 Å². The van der Waals surface area contributed by atoms with E-state index in [4.69, 9.17) is 9.47 Å². The predicted molar refractivity (Wildman–Crippen MR) is 79.2 cm³/mol. The van der Waals surface area contributed by atoms with E-state index in [9.17, 15) is 0 Å². The van der Waals surface area contributed by atoms with E-state index in [2.05, 4.69) is 17.3 Å². The van der Waals surface area contributed by atoms with Gasteiger partial charge >= 0.3 is 0 Å². The predicted octanol–water partition coefficient (Wildman–Crippen LogP) is 2.13. The third-order valence-corrected chi connectivity index (χ3v) is 3.26. The Morgan fingerprint density at radius 2 is 1.85 bits per heavy atom. The molecule has 0 saturated heterocycles. The van der Waals surface area contributed by atoms with Crippen LogP contribution in [-0.4, -0.2) is 31.0 Å². The van der Waals surface area contributed by atoms with Crippen molar-refractivity contribution in [3.63, 3.8) is 0 Å². The lowest BCUT2D eigenvalue weighted by Gasteiger charge is -2.12. The molecule has 0 aliphatic heterocycles. The number of rotatable bonds is 5. The van der Waals surface area contributed by atoms with Crippen LogP contribution in [-0.2, 0) is 13.6 Å². The third-order valence-electron chi connectivity index (χ3n) is 3.26. The van der Waals surface area contributed by atoms with Crippen molar-refractivity contribution >= 4 is 0 Å². The molecule has 2 aromatic rings. The number of hydrogen-bond donors (Lipinski definition) is 1. The first-order chi connectivity index (χ1) is 9.60. The second kappa shape index (κ2) is 5.96. The molecule has 0 saturated carbocycles. The monoisotopic (exact) mass is 275 g/mol. The van der Waals surface area contributed by atoms with Gasteiger partial charge in [-0.15, -0.1) is 0 Å². The van der Waals surface area contributed by atoms with Gasteiger partial charge in [0, 0.05) is 30.9 Å². The fraction of sp³-hybridized carbons (Fsp3) is 0.400. The van der Waals surface area contributed by atoms with E-state index in [1.165, 1.54) is 0 Å². The zero-order chi connectivity index (χ0) is 14.7. The van der Waals surface area contributed by atoms with Gasteiger partial charge in [0.25, 0.3) is 0 Å². The Kier molecular flexibility index (Phi) is 4.29. The minimum Gasteiger partial charge on any atom is -0.493 e. The third kappa shape index (κ3) is 2.63. The van der Waals surface area contributed by atoms with E-state index >= 15 is 0 Å². The van der Waals surface area contributed by atoms with Gasteiger partial charge in [-0.2, -0.15) is 5.10 Å². The molecule has 0 radical (unpaired) electrons. The van der Waals surface area contributed by atoms with E-state index in [0.717, 1.165) is 34.7 Å². The topological polar surface area (TPSA) is 48.3 Å². The average molecular weight is 275 g/mol. The lowest BCUT2D eigenvalue weighted by molar-refractivity contribution is 0.355. The molecule has 0 fully saturated rings. The Hall–Kier alpha value is -2.01. The summed E-state index contributed by atoms with van der Waals surface area (Å²) in [4.78, 5) is 0. The zero-order valence-corrected chi connectivity index (χ0v) is 12.7. The van der Waals surface area contributed by atoms with Crippen molar-refractivity contribution in [1.29, 1.82) is 0 Å². The highest BCUT2D eigenvalue weighted by Crippen LogP contribution is 2.35. The van der Waals surface area contributed by atoms with Gasteiger partial charge in [-0.25, -0.2) is 0 Å². The largest absolute Gasteiger partial charge is 0.493 e. The standard InChI is InChI=1S/C15H21N3O2/c1-10-6-13(19-4)14(20-5)7-12(10)15-11(8-16-2)9-18(3)17-15/h6-7,9,16H,8H2,1-5H3. The molecule has 0 atom stereocenters. The molecule has 0 amide bonds. The fourth-order valence-corrected chi connectivity index (χ4v) is 2.32. The molecular formula is C15H21N3O2. The first kappa shape index (κ1) is 14.4. The molecule has 5 nitrogen and oxygen atoms in total. The summed E-state index contributed by atoms with van der Waals surface area (Å²) in [7, 11) is 7.14.